The predicted octanol–water partition coefficient (Wildman–Crippen LogP) is 3.89. The van der Waals surface area contributed by atoms with Crippen LogP contribution in [0.2, 0.25) is 5.02 Å². The Labute approximate surface area is 132 Å². The molecule has 2 aliphatic rings. The van der Waals surface area contributed by atoms with Crippen LogP contribution in [-0.4, -0.2) is 12.2 Å². The zero-order chi connectivity index (χ0) is 14.9. The smallest absolute Gasteiger partial charge is 0.0686 e. The first kappa shape index (κ1) is 15.3. The van der Waals surface area contributed by atoms with E-state index in [1.807, 2.05) is 13.0 Å². The summed E-state index contributed by atoms with van der Waals surface area (Å²) in [6.45, 7) is 2.90. The Morgan fingerprint density at radius 2 is 2.14 bits per heavy atom. The third-order valence-corrected chi connectivity index (χ3v) is 5.66. The van der Waals surface area contributed by atoms with E-state index >= 15 is 0 Å². The van der Waals surface area contributed by atoms with Gasteiger partial charge in [0.15, 0.2) is 0 Å². The maximum absolute atomic E-state index is 6.14. The summed E-state index contributed by atoms with van der Waals surface area (Å²) >= 11 is 6.14. The van der Waals surface area contributed by atoms with E-state index in [1.54, 1.807) is 0 Å². The van der Waals surface area contributed by atoms with Gasteiger partial charge in [0, 0.05) is 17.7 Å². The quantitative estimate of drug-likeness (QED) is 0.658. The standard InChI is InChI=1S/C17H25ClN2O/c1-12-10-13(4-5-15(12)18)16(20-19)14-6-9-21-17(11-14)7-2-3-8-17/h4-5,10,14,16,20H,2-3,6-9,11,19H2,1H3. The molecule has 1 saturated carbocycles. The number of hydrazine groups is 1. The van der Waals surface area contributed by atoms with Gasteiger partial charge in [-0.1, -0.05) is 36.6 Å². The summed E-state index contributed by atoms with van der Waals surface area (Å²) in [4.78, 5) is 0. The van der Waals surface area contributed by atoms with Crippen molar-refractivity contribution >= 4 is 11.6 Å². The summed E-state index contributed by atoms with van der Waals surface area (Å²) < 4.78 is 6.14. The van der Waals surface area contributed by atoms with Crippen molar-refractivity contribution in [1.29, 1.82) is 0 Å². The highest BCUT2D eigenvalue weighted by Crippen LogP contribution is 2.45. The largest absolute Gasteiger partial charge is 0.375 e. The lowest BCUT2D eigenvalue weighted by Crippen LogP contribution is -2.43. The van der Waals surface area contributed by atoms with Crippen LogP contribution in [0.15, 0.2) is 18.2 Å². The molecule has 3 N–H and O–H groups in total. The number of halogens is 1. The van der Waals surface area contributed by atoms with Crippen LogP contribution in [0.1, 0.15) is 55.7 Å². The Morgan fingerprint density at radius 3 is 2.81 bits per heavy atom. The predicted molar refractivity (Wildman–Crippen MR) is 86.1 cm³/mol. The number of aryl methyl sites for hydroxylation is 1. The molecule has 1 spiro atoms. The molecular weight excluding hydrogens is 284 g/mol. The number of benzene rings is 1. The van der Waals surface area contributed by atoms with Gasteiger partial charge in [-0.3, -0.25) is 11.3 Å². The van der Waals surface area contributed by atoms with E-state index in [0.29, 0.717) is 5.92 Å². The van der Waals surface area contributed by atoms with Crippen molar-refractivity contribution in [3.8, 4) is 0 Å². The molecule has 2 unspecified atom stereocenters. The van der Waals surface area contributed by atoms with E-state index in [1.165, 1.54) is 31.2 Å². The monoisotopic (exact) mass is 308 g/mol. The van der Waals surface area contributed by atoms with Crippen LogP contribution in [0.25, 0.3) is 0 Å². The first-order chi connectivity index (χ1) is 10.1. The van der Waals surface area contributed by atoms with Crippen molar-refractivity contribution < 1.29 is 4.74 Å². The number of rotatable bonds is 3. The third-order valence-electron chi connectivity index (χ3n) is 5.24. The highest BCUT2D eigenvalue weighted by atomic mass is 35.5. The zero-order valence-corrected chi connectivity index (χ0v) is 13.5. The van der Waals surface area contributed by atoms with Gasteiger partial charge in [-0.2, -0.15) is 0 Å². The Morgan fingerprint density at radius 1 is 1.38 bits per heavy atom. The molecule has 0 aromatic heterocycles. The van der Waals surface area contributed by atoms with Gasteiger partial charge in [0.05, 0.1) is 5.60 Å². The molecule has 4 heteroatoms. The summed E-state index contributed by atoms with van der Waals surface area (Å²) in [7, 11) is 0. The fourth-order valence-corrected chi connectivity index (χ4v) is 4.20. The molecule has 0 radical (unpaired) electrons. The average molecular weight is 309 g/mol. The topological polar surface area (TPSA) is 47.3 Å². The van der Waals surface area contributed by atoms with E-state index in [0.717, 1.165) is 30.0 Å². The van der Waals surface area contributed by atoms with E-state index in [2.05, 4.69) is 17.6 Å². The molecule has 0 bridgehead atoms. The van der Waals surface area contributed by atoms with E-state index < -0.39 is 0 Å². The number of hydrogen-bond acceptors (Lipinski definition) is 3. The lowest BCUT2D eigenvalue weighted by Gasteiger charge is -2.41. The molecule has 3 rings (SSSR count). The van der Waals surface area contributed by atoms with Crippen LogP contribution in [0.5, 0.6) is 0 Å². The Kier molecular flexibility index (Phi) is 4.55. The molecule has 1 saturated heterocycles. The van der Waals surface area contributed by atoms with Gasteiger partial charge in [0.2, 0.25) is 0 Å². The normalized spacial score (nSPS) is 26.1. The van der Waals surface area contributed by atoms with Crippen LogP contribution >= 0.6 is 11.6 Å². The zero-order valence-electron chi connectivity index (χ0n) is 12.7. The minimum Gasteiger partial charge on any atom is -0.375 e. The number of nitrogens with one attached hydrogen (secondary N) is 1. The lowest BCUT2D eigenvalue weighted by atomic mass is 9.78. The number of ether oxygens (including phenoxy) is 1. The Hall–Kier alpha value is -0.610. The van der Waals surface area contributed by atoms with Crippen molar-refractivity contribution in [2.75, 3.05) is 6.61 Å². The first-order valence-corrected chi connectivity index (χ1v) is 8.37. The van der Waals surface area contributed by atoms with Crippen molar-refractivity contribution in [3.63, 3.8) is 0 Å². The van der Waals surface area contributed by atoms with Gasteiger partial charge in [-0.15, -0.1) is 0 Å². The molecular formula is C17H25ClN2O. The highest BCUT2D eigenvalue weighted by molar-refractivity contribution is 6.31. The van der Waals surface area contributed by atoms with Gasteiger partial charge >= 0.3 is 0 Å². The molecule has 0 amide bonds. The third kappa shape index (κ3) is 3.11. The van der Waals surface area contributed by atoms with Crippen molar-refractivity contribution in [3.05, 3.63) is 34.3 Å². The molecule has 1 aliphatic heterocycles. The molecule has 21 heavy (non-hydrogen) atoms. The van der Waals surface area contributed by atoms with Crippen LogP contribution < -0.4 is 11.3 Å². The summed E-state index contributed by atoms with van der Waals surface area (Å²) in [5.74, 6) is 6.42. The highest BCUT2D eigenvalue weighted by Gasteiger charge is 2.42. The Balaban J connectivity index is 1.80. The van der Waals surface area contributed by atoms with E-state index in [-0.39, 0.29) is 11.6 Å². The second-order valence-corrected chi connectivity index (χ2v) is 7.05. The molecule has 1 heterocycles. The molecule has 1 aromatic rings. The van der Waals surface area contributed by atoms with Gasteiger partial charge in [0.25, 0.3) is 0 Å². The SMILES string of the molecule is Cc1cc(C(NN)C2CCOC3(CCCC3)C2)ccc1Cl. The maximum atomic E-state index is 6.14. The van der Waals surface area contributed by atoms with E-state index in [9.17, 15) is 0 Å². The Bertz CT molecular complexity index is 500. The molecule has 3 nitrogen and oxygen atoms in total. The maximum Gasteiger partial charge on any atom is 0.0686 e. The molecule has 1 aliphatic carbocycles. The molecule has 2 atom stereocenters. The van der Waals surface area contributed by atoms with Gasteiger partial charge in [0.1, 0.15) is 0 Å². The van der Waals surface area contributed by atoms with Crippen molar-refractivity contribution in [2.45, 2.75) is 57.1 Å². The van der Waals surface area contributed by atoms with Crippen LogP contribution in [0, 0.1) is 12.8 Å². The fraction of sp³-hybridized carbons (Fsp3) is 0.647. The summed E-state index contributed by atoms with van der Waals surface area (Å²) in [6.07, 6.45) is 7.20. The lowest BCUT2D eigenvalue weighted by molar-refractivity contribution is -0.0982. The van der Waals surface area contributed by atoms with Gasteiger partial charge in [-0.25, -0.2) is 0 Å². The molecule has 2 fully saturated rings. The molecule has 116 valence electrons. The van der Waals surface area contributed by atoms with E-state index in [4.69, 9.17) is 22.2 Å². The van der Waals surface area contributed by atoms with Crippen LogP contribution in [-0.2, 0) is 4.74 Å². The van der Waals surface area contributed by atoms with Crippen LogP contribution in [0.3, 0.4) is 0 Å². The summed E-state index contributed by atoms with van der Waals surface area (Å²) in [6, 6.07) is 6.41. The van der Waals surface area contributed by atoms with Crippen LogP contribution in [0.4, 0.5) is 0 Å². The summed E-state index contributed by atoms with van der Waals surface area (Å²) in [5.41, 5.74) is 5.51. The second-order valence-electron chi connectivity index (χ2n) is 6.64. The minimum atomic E-state index is 0.124. The number of nitrogens with two attached hydrogens (primary N) is 1. The van der Waals surface area contributed by atoms with Gasteiger partial charge in [-0.05, 0) is 55.7 Å². The average Bonchev–Trinajstić information content (AvgIpc) is 2.91. The fourth-order valence-electron chi connectivity index (χ4n) is 4.08. The van der Waals surface area contributed by atoms with Crippen molar-refractivity contribution in [2.24, 2.45) is 11.8 Å². The van der Waals surface area contributed by atoms with Gasteiger partial charge < -0.3 is 4.74 Å². The summed E-state index contributed by atoms with van der Waals surface area (Å²) in [5, 5.41) is 0.814. The first-order valence-electron chi connectivity index (χ1n) is 8.00. The number of hydrogen-bond donors (Lipinski definition) is 2. The second kappa shape index (κ2) is 6.25. The molecule has 1 aromatic carbocycles. The minimum absolute atomic E-state index is 0.124. The van der Waals surface area contributed by atoms with Crippen molar-refractivity contribution in [1.82, 2.24) is 5.43 Å².